The van der Waals surface area contributed by atoms with E-state index in [2.05, 4.69) is 33.8 Å². The molecule has 0 radical (unpaired) electrons. The summed E-state index contributed by atoms with van der Waals surface area (Å²) in [6.45, 7) is 8.33. The molecule has 2 aliphatic rings. The highest BCUT2D eigenvalue weighted by Gasteiger charge is 2.59. The van der Waals surface area contributed by atoms with Gasteiger partial charge in [0.25, 0.3) is 0 Å². The molecule has 0 amide bonds. The molecule has 0 aromatic heterocycles. The Bertz CT molecular complexity index is 305. The van der Waals surface area contributed by atoms with Crippen molar-refractivity contribution < 1.29 is 9.31 Å². The van der Waals surface area contributed by atoms with E-state index in [1.165, 1.54) is 0 Å². The van der Waals surface area contributed by atoms with E-state index in [0.717, 1.165) is 12.8 Å². The molecule has 0 spiro atoms. The highest BCUT2D eigenvalue weighted by Crippen LogP contribution is 2.54. The topological polar surface area (TPSA) is 42.2 Å². The normalized spacial score (nSPS) is 34.8. The molecule has 0 N–H and O–H groups in total. The van der Waals surface area contributed by atoms with E-state index in [0.29, 0.717) is 18.2 Å². The number of rotatable bonds is 3. The maximum atomic E-state index is 8.55. The molecule has 2 rings (SSSR count). The summed E-state index contributed by atoms with van der Waals surface area (Å²) in [6.07, 6.45) is 2.80. The predicted molar refractivity (Wildman–Crippen MR) is 62.8 cm³/mol. The fourth-order valence-electron chi connectivity index (χ4n) is 2.25. The monoisotopic (exact) mass is 221 g/mol. The van der Waals surface area contributed by atoms with Crippen molar-refractivity contribution in [2.75, 3.05) is 0 Å². The second-order valence-electron chi connectivity index (χ2n) is 5.98. The maximum absolute atomic E-state index is 8.55. The molecule has 1 heterocycles. The molecule has 1 unspecified atom stereocenters. The van der Waals surface area contributed by atoms with Crippen LogP contribution < -0.4 is 0 Å². The van der Waals surface area contributed by atoms with Crippen LogP contribution in [0, 0.1) is 17.2 Å². The fourth-order valence-corrected chi connectivity index (χ4v) is 2.25. The Morgan fingerprint density at radius 1 is 1.25 bits per heavy atom. The number of hydrogen-bond donors (Lipinski definition) is 0. The van der Waals surface area contributed by atoms with E-state index in [4.69, 9.17) is 14.6 Å². The van der Waals surface area contributed by atoms with Crippen LogP contribution in [0.3, 0.4) is 0 Å². The smallest absolute Gasteiger partial charge is 0.403 e. The van der Waals surface area contributed by atoms with E-state index in [-0.39, 0.29) is 18.3 Å². The summed E-state index contributed by atoms with van der Waals surface area (Å²) in [6, 6.07) is 2.20. The van der Waals surface area contributed by atoms with Crippen LogP contribution in [-0.2, 0) is 9.31 Å². The Hall–Kier alpha value is -0.525. The maximum Gasteiger partial charge on any atom is 0.461 e. The van der Waals surface area contributed by atoms with Crippen LogP contribution >= 0.6 is 0 Å². The fraction of sp³-hybridized carbons (Fsp3) is 0.917. The molecule has 0 bridgehead atoms. The summed E-state index contributed by atoms with van der Waals surface area (Å²) in [4.78, 5) is 0. The second kappa shape index (κ2) is 3.75. The van der Waals surface area contributed by atoms with Crippen molar-refractivity contribution >= 4 is 7.12 Å². The van der Waals surface area contributed by atoms with Gasteiger partial charge in [0, 0.05) is 6.42 Å². The first-order valence-electron chi connectivity index (χ1n) is 6.10. The van der Waals surface area contributed by atoms with E-state index in [1.807, 2.05) is 0 Å². The van der Waals surface area contributed by atoms with Gasteiger partial charge in [-0.05, 0) is 52.3 Å². The molecule has 1 saturated carbocycles. The Morgan fingerprint density at radius 2 is 1.81 bits per heavy atom. The molecule has 4 heteroatoms. The van der Waals surface area contributed by atoms with Crippen LogP contribution in [0.1, 0.15) is 47.0 Å². The van der Waals surface area contributed by atoms with E-state index >= 15 is 0 Å². The minimum absolute atomic E-state index is 0.0614. The Balaban J connectivity index is 1.89. The van der Waals surface area contributed by atoms with E-state index < -0.39 is 0 Å². The van der Waals surface area contributed by atoms with Crippen LogP contribution in [0.15, 0.2) is 0 Å². The average molecular weight is 221 g/mol. The first kappa shape index (κ1) is 11.9. The van der Waals surface area contributed by atoms with Crippen molar-refractivity contribution in [1.82, 2.24) is 0 Å². The van der Waals surface area contributed by atoms with Gasteiger partial charge in [-0.1, -0.05) is 0 Å². The Kier molecular flexibility index (Phi) is 2.80. The Morgan fingerprint density at radius 3 is 2.31 bits per heavy atom. The number of hydrogen-bond acceptors (Lipinski definition) is 3. The lowest BCUT2D eigenvalue weighted by atomic mass is 9.80. The van der Waals surface area contributed by atoms with Crippen LogP contribution in [0.5, 0.6) is 0 Å². The number of nitrogens with zero attached hydrogens (tertiary/aromatic N) is 1. The lowest BCUT2D eigenvalue weighted by Gasteiger charge is -2.32. The molecule has 0 aromatic carbocycles. The first-order valence-corrected chi connectivity index (χ1v) is 6.10. The minimum atomic E-state index is -0.222. The average Bonchev–Trinajstić information content (AvgIpc) is 2.87. The molecule has 1 aliphatic heterocycles. The van der Waals surface area contributed by atoms with Gasteiger partial charge in [0.1, 0.15) is 0 Å². The molecule has 88 valence electrons. The van der Waals surface area contributed by atoms with Crippen LogP contribution in [0.25, 0.3) is 0 Å². The standard InChI is InChI=1S/C12H20BNO2/c1-11(2)12(3,4)16-13(15-11)10-8-9(10)6-5-7-14/h9-10H,5-6,8H2,1-4H3/t9?,10-/m0/s1. The van der Waals surface area contributed by atoms with Gasteiger partial charge in [-0.2, -0.15) is 5.26 Å². The summed E-state index contributed by atoms with van der Waals surface area (Å²) in [7, 11) is -0.0614. The van der Waals surface area contributed by atoms with Gasteiger partial charge in [0.15, 0.2) is 0 Å². The van der Waals surface area contributed by atoms with Gasteiger partial charge in [-0.25, -0.2) is 0 Å². The van der Waals surface area contributed by atoms with Crippen molar-refractivity contribution in [3.8, 4) is 6.07 Å². The molecule has 0 aromatic rings. The molecule has 3 nitrogen and oxygen atoms in total. The molecule has 1 aliphatic carbocycles. The second-order valence-corrected chi connectivity index (χ2v) is 5.98. The lowest BCUT2D eigenvalue weighted by Crippen LogP contribution is -2.41. The van der Waals surface area contributed by atoms with Crippen molar-refractivity contribution in [3.63, 3.8) is 0 Å². The molecule has 1 saturated heterocycles. The zero-order chi connectivity index (χ0) is 12.0. The third-order valence-electron chi connectivity index (χ3n) is 4.23. The molecule has 2 fully saturated rings. The SMILES string of the molecule is CC1(C)OB([C@H]2CC2CCC#N)OC1(C)C. The summed E-state index contributed by atoms with van der Waals surface area (Å²) in [5.74, 6) is 1.14. The zero-order valence-electron chi connectivity index (χ0n) is 10.6. The van der Waals surface area contributed by atoms with E-state index in [9.17, 15) is 0 Å². The molecular weight excluding hydrogens is 201 g/mol. The summed E-state index contributed by atoms with van der Waals surface area (Å²) in [5, 5.41) is 8.55. The highest BCUT2D eigenvalue weighted by atomic mass is 16.7. The molecule has 16 heavy (non-hydrogen) atoms. The number of nitriles is 1. The lowest BCUT2D eigenvalue weighted by molar-refractivity contribution is 0.00578. The van der Waals surface area contributed by atoms with Crippen molar-refractivity contribution in [2.24, 2.45) is 5.92 Å². The van der Waals surface area contributed by atoms with Gasteiger partial charge >= 0.3 is 7.12 Å². The van der Waals surface area contributed by atoms with Crippen molar-refractivity contribution in [1.29, 1.82) is 5.26 Å². The summed E-state index contributed by atoms with van der Waals surface area (Å²) < 4.78 is 12.0. The minimum Gasteiger partial charge on any atom is -0.403 e. The summed E-state index contributed by atoms with van der Waals surface area (Å²) in [5.41, 5.74) is -0.444. The van der Waals surface area contributed by atoms with Crippen molar-refractivity contribution in [3.05, 3.63) is 0 Å². The van der Waals surface area contributed by atoms with Gasteiger partial charge in [-0.15, -0.1) is 0 Å². The van der Waals surface area contributed by atoms with Gasteiger partial charge in [0.2, 0.25) is 0 Å². The molecular formula is C12H20BNO2. The van der Waals surface area contributed by atoms with Gasteiger partial charge < -0.3 is 9.31 Å². The third-order valence-corrected chi connectivity index (χ3v) is 4.23. The predicted octanol–water partition coefficient (Wildman–Crippen LogP) is 2.77. The van der Waals surface area contributed by atoms with Gasteiger partial charge in [0.05, 0.1) is 17.3 Å². The van der Waals surface area contributed by atoms with E-state index in [1.54, 1.807) is 0 Å². The van der Waals surface area contributed by atoms with Gasteiger partial charge in [-0.3, -0.25) is 0 Å². The first-order chi connectivity index (χ1) is 7.37. The zero-order valence-corrected chi connectivity index (χ0v) is 10.6. The van der Waals surface area contributed by atoms with Crippen molar-refractivity contribution in [2.45, 2.75) is 64.0 Å². The third kappa shape index (κ3) is 1.99. The van der Waals surface area contributed by atoms with Crippen LogP contribution in [0.2, 0.25) is 5.82 Å². The summed E-state index contributed by atoms with van der Waals surface area (Å²) >= 11 is 0. The van der Waals surface area contributed by atoms with Crippen LogP contribution in [0.4, 0.5) is 0 Å². The van der Waals surface area contributed by atoms with Crippen LogP contribution in [-0.4, -0.2) is 18.3 Å². The quantitative estimate of drug-likeness (QED) is 0.688. The highest BCUT2D eigenvalue weighted by molar-refractivity contribution is 6.48. The molecule has 2 atom stereocenters. The largest absolute Gasteiger partial charge is 0.461 e. The Labute approximate surface area is 98.3 Å².